The second kappa shape index (κ2) is 6.12. The van der Waals surface area contributed by atoms with Crippen molar-refractivity contribution in [3.63, 3.8) is 0 Å². The maximum absolute atomic E-state index is 11.6. The Bertz CT molecular complexity index is 770. The molecule has 0 radical (unpaired) electrons. The van der Waals surface area contributed by atoms with E-state index >= 15 is 0 Å². The van der Waals surface area contributed by atoms with Gasteiger partial charge in [-0.1, -0.05) is 12.1 Å². The van der Waals surface area contributed by atoms with Gasteiger partial charge in [0, 0.05) is 29.9 Å². The number of aromatic nitrogens is 1. The summed E-state index contributed by atoms with van der Waals surface area (Å²) in [6.07, 6.45) is 3.48. The van der Waals surface area contributed by atoms with E-state index < -0.39 is 0 Å². The predicted octanol–water partition coefficient (Wildman–Crippen LogP) is 3.32. The topological polar surface area (TPSA) is 62.7 Å². The van der Waals surface area contributed by atoms with Gasteiger partial charge in [0.05, 0.1) is 13.3 Å². The number of ether oxygens (including phenoxy) is 1. The Balaban J connectivity index is 2.02. The van der Waals surface area contributed by atoms with Crippen molar-refractivity contribution in [1.82, 2.24) is 4.98 Å². The summed E-state index contributed by atoms with van der Waals surface area (Å²) in [5.41, 5.74) is 2.76. The largest absolute Gasteiger partial charge is 0.503 e. The zero-order valence-electron chi connectivity index (χ0n) is 13.1. The van der Waals surface area contributed by atoms with Gasteiger partial charge in [0.25, 0.3) is 0 Å². The summed E-state index contributed by atoms with van der Waals surface area (Å²) < 4.78 is 5.32. The Morgan fingerprint density at radius 3 is 2.91 bits per heavy atom. The van der Waals surface area contributed by atoms with E-state index in [1.54, 1.807) is 13.3 Å². The van der Waals surface area contributed by atoms with E-state index in [1.807, 2.05) is 48.2 Å². The fourth-order valence-corrected chi connectivity index (χ4v) is 2.74. The first-order valence-corrected chi connectivity index (χ1v) is 7.42. The molecule has 5 heteroatoms. The molecule has 1 N–H and O–H groups in total. The molecule has 1 unspecified atom stereocenters. The van der Waals surface area contributed by atoms with Crippen LogP contribution in [-0.4, -0.2) is 29.0 Å². The molecule has 23 heavy (non-hydrogen) atoms. The Hall–Kier alpha value is -2.82. The van der Waals surface area contributed by atoms with Gasteiger partial charge in [0.2, 0.25) is 11.7 Å². The minimum atomic E-state index is -0.223. The molecule has 0 aliphatic carbocycles. The van der Waals surface area contributed by atoms with Crippen molar-refractivity contribution in [2.45, 2.75) is 19.4 Å². The van der Waals surface area contributed by atoms with E-state index in [9.17, 15) is 9.90 Å². The SMILES string of the molecule is COc1ncccc1-c1cccc(N2C=C(O)C(=O)CC2C)c1. The number of aliphatic hydroxyl groups excluding tert-OH is 1. The van der Waals surface area contributed by atoms with Crippen LogP contribution in [0.2, 0.25) is 0 Å². The molecular formula is C18H18N2O3. The van der Waals surface area contributed by atoms with Crippen LogP contribution in [0.15, 0.2) is 54.6 Å². The molecule has 1 aromatic carbocycles. The first kappa shape index (κ1) is 15.1. The summed E-state index contributed by atoms with van der Waals surface area (Å²) >= 11 is 0. The van der Waals surface area contributed by atoms with Gasteiger partial charge in [0.1, 0.15) is 0 Å². The van der Waals surface area contributed by atoms with Crippen LogP contribution >= 0.6 is 0 Å². The predicted molar refractivity (Wildman–Crippen MR) is 88.5 cm³/mol. The normalized spacial score (nSPS) is 17.8. The summed E-state index contributed by atoms with van der Waals surface area (Å²) in [6, 6.07) is 11.7. The van der Waals surface area contributed by atoms with Crippen molar-refractivity contribution in [2.24, 2.45) is 0 Å². The third-order valence-corrected chi connectivity index (χ3v) is 3.92. The molecule has 0 saturated carbocycles. The van der Waals surface area contributed by atoms with Gasteiger partial charge < -0.3 is 14.7 Å². The van der Waals surface area contributed by atoms with Crippen LogP contribution in [-0.2, 0) is 4.79 Å². The lowest BCUT2D eigenvalue weighted by Crippen LogP contribution is -2.35. The van der Waals surface area contributed by atoms with Gasteiger partial charge in [-0.25, -0.2) is 4.98 Å². The van der Waals surface area contributed by atoms with Gasteiger partial charge in [-0.15, -0.1) is 0 Å². The van der Waals surface area contributed by atoms with Crippen molar-refractivity contribution in [3.8, 4) is 17.0 Å². The highest BCUT2D eigenvalue weighted by Gasteiger charge is 2.25. The van der Waals surface area contributed by atoms with Crippen LogP contribution in [0.5, 0.6) is 5.88 Å². The molecule has 118 valence electrons. The lowest BCUT2D eigenvalue weighted by atomic mass is 10.0. The van der Waals surface area contributed by atoms with Crippen LogP contribution in [0.1, 0.15) is 13.3 Å². The quantitative estimate of drug-likeness (QED) is 0.942. The Labute approximate surface area is 134 Å². The summed E-state index contributed by atoms with van der Waals surface area (Å²) in [5, 5.41) is 9.74. The number of benzene rings is 1. The highest BCUT2D eigenvalue weighted by Crippen LogP contribution is 2.32. The number of ketones is 1. The molecule has 0 spiro atoms. The molecule has 0 fully saturated rings. The highest BCUT2D eigenvalue weighted by atomic mass is 16.5. The zero-order valence-corrected chi connectivity index (χ0v) is 13.1. The van der Waals surface area contributed by atoms with Gasteiger partial charge in [0.15, 0.2) is 5.76 Å². The van der Waals surface area contributed by atoms with Gasteiger partial charge in [-0.05, 0) is 36.8 Å². The van der Waals surface area contributed by atoms with Gasteiger partial charge in [-0.3, -0.25) is 4.79 Å². The molecule has 2 heterocycles. The van der Waals surface area contributed by atoms with Crippen LogP contribution in [0, 0.1) is 0 Å². The summed E-state index contributed by atoms with van der Waals surface area (Å²) in [6.45, 7) is 1.96. The van der Waals surface area contributed by atoms with E-state index in [4.69, 9.17) is 4.74 Å². The zero-order chi connectivity index (χ0) is 16.4. The number of hydrogen-bond acceptors (Lipinski definition) is 5. The first-order chi connectivity index (χ1) is 11.1. The van der Waals surface area contributed by atoms with Crippen LogP contribution in [0.4, 0.5) is 5.69 Å². The minimum absolute atomic E-state index is 0.00977. The number of carbonyl (C=O) groups excluding carboxylic acids is 1. The fourth-order valence-electron chi connectivity index (χ4n) is 2.74. The third-order valence-electron chi connectivity index (χ3n) is 3.92. The summed E-state index contributed by atoms with van der Waals surface area (Å²) in [7, 11) is 1.59. The van der Waals surface area contributed by atoms with Gasteiger partial charge in [-0.2, -0.15) is 0 Å². The second-order valence-corrected chi connectivity index (χ2v) is 5.51. The van der Waals surface area contributed by atoms with Crippen LogP contribution in [0.3, 0.4) is 0 Å². The van der Waals surface area contributed by atoms with Crippen molar-refractivity contribution in [2.75, 3.05) is 12.0 Å². The molecule has 1 aliphatic rings. The van der Waals surface area contributed by atoms with Crippen molar-refractivity contribution < 1.29 is 14.6 Å². The molecule has 5 nitrogen and oxygen atoms in total. The minimum Gasteiger partial charge on any atom is -0.503 e. The summed E-state index contributed by atoms with van der Waals surface area (Å²) in [5.74, 6) is 0.135. The monoisotopic (exact) mass is 310 g/mol. The fraction of sp³-hybridized carbons (Fsp3) is 0.222. The summed E-state index contributed by atoms with van der Waals surface area (Å²) in [4.78, 5) is 17.7. The molecule has 1 aliphatic heterocycles. The second-order valence-electron chi connectivity index (χ2n) is 5.51. The number of hydrogen-bond donors (Lipinski definition) is 1. The van der Waals surface area contributed by atoms with Crippen LogP contribution < -0.4 is 9.64 Å². The average Bonchev–Trinajstić information content (AvgIpc) is 2.58. The molecule has 2 aromatic rings. The standard InChI is InChI=1S/C18H18N2O3/c1-12-9-16(21)17(22)11-20(12)14-6-3-5-13(10-14)15-7-4-8-19-18(15)23-2/h3-8,10-12,22H,9H2,1-2H3. The number of carbonyl (C=O) groups is 1. The smallest absolute Gasteiger partial charge is 0.221 e. The number of rotatable bonds is 3. The maximum Gasteiger partial charge on any atom is 0.221 e. The molecule has 0 bridgehead atoms. The number of nitrogens with zero attached hydrogens (tertiary/aromatic N) is 2. The lowest BCUT2D eigenvalue weighted by Gasteiger charge is -2.31. The average molecular weight is 310 g/mol. The van der Waals surface area contributed by atoms with Gasteiger partial charge >= 0.3 is 0 Å². The lowest BCUT2D eigenvalue weighted by molar-refractivity contribution is -0.118. The van der Waals surface area contributed by atoms with E-state index in [2.05, 4.69) is 4.98 Å². The Kier molecular flexibility index (Phi) is 4.02. The molecule has 3 rings (SSSR count). The van der Waals surface area contributed by atoms with Crippen molar-refractivity contribution in [3.05, 3.63) is 54.6 Å². The van der Waals surface area contributed by atoms with E-state index in [0.29, 0.717) is 12.3 Å². The van der Waals surface area contributed by atoms with E-state index in [1.165, 1.54) is 6.20 Å². The molecule has 1 atom stereocenters. The number of Topliss-reactive ketones (excluding diaryl/α,β-unsaturated/α-hetero) is 1. The van der Waals surface area contributed by atoms with Crippen molar-refractivity contribution in [1.29, 1.82) is 0 Å². The first-order valence-electron chi connectivity index (χ1n) is 7.42. The molecule has 0 saturated heterocycles. The Morgan fingerprint density at radius 1 is 1.30 bits per heavy atom. The third kappa shape index (κ3) is 2.90. The van der Waals surface area contributed by atoms with E-state index in [0.717, 1.165) is 16.8 Å². The molecule has 0 amide bonds. The Morgan fingerprint density at radius 2 is 2.13 bits per heavy atom. The number of aliphatic hydroxyl groups is 1. The molecular weight excluding hydrogens is 292 g/mol. The van der Waals surface area contributed by atoms with Crippen LogP contribution in [0.25, 0.3) is 11.1 Å². The highest BCUT2D eigenvalue weighted by molar-refractivity contribution is 5.95. The number of anilines is 1. The maximum atomic E-state index is 11.6. The number of methoxy groups -OCH3 is 1. The number of allylic oxidation sites excluding steroid dienone is 1. The van der Waals surface area contributed by atoms with E-state index in [-0.39, 0.29) is 17.6 Å². The number of pyridine rings is 1. The van der Waals surface area contributed by atoms with Crippen molar-refractivity contribution >= 4 is 11.5 Å². The molecule has 1 aromatic heterocycles.